The van der Waals surface area contributed by atoms with Crippen molar-refractivity contribution < 1.29 is 37.1 Å². The van der Waals surface area contributed by atoms with E-state index in [0.29, 0.717) is 6.54 Å². The number of halogens is 4. The van der Waals surface area contributed by atoms with Gasteiger partial charge < -0.3 is 20.3 Å². The molecule has 8 nitrogen and oxygen atoms in total. The molecule has 0 radical (unpaired) electrons. The van der Waals surface area contributed by atoms with Gasteiger partial charge >= 0.3 is 12.1 Å². The number of nitrogens with one attached hydrogen (secondary N) is 2. The predicted molar refractivity (Wildman–Crippen MR) is 183 cm³/mol. The zero-order valence-electron chi connectivity index (χ0n) is 28.1. The summed E-state index contributed by atoms with van der Waals surface area (Å²) in [5.41, 5.74) is -0.620. The number of esters is 1. The molecule has 50 heavy (non-hydrogen) atoms. The Morgan fingerprint density at radius 1 is 1.10 bits per heavy atom. The molecular weight excluding hydrogens is 671 g/mol. The molecule has 12 heteroatoms. The lowest BCUT2D eigenvalue weighted by molar-refractivity contribution is -0.174. The normalized spacial score (nSPS) is 26.9. The van der Waals surface area contributed by atoms with Gasteiger partial charge in [-0.1, -0.05) is 72.8 Å². The van der Waals surface area contributed by atoms with Gasteiger partial charge in [-0.3, -0.25) is 19.2 Å². The van der Waals surface area contributed by atoms with Crippen LogP contribution in [0.25, 0.3) is 0 Å². The fourth-order valence-electron chi connectivity index (χ4n) is 7.21. The minimum Gasteiger partial charge on any atom is -0.460 e. The molecule has 0 bridgehead atoms. The molecule has 2 aromatic carbocycles. The van der Waals surface area contributed by atoms with Crippen LogP contribution in [0.15, 0.2) is 91.6 Å². The number of rotatable bonds is 11. The van der Waals surface area contributed by atoms with Crippen LogP contribution in [-0.2, 0) is 36.6 Å². The van der Waals surface area contributed by atoms with Gasteiger partial charge in [0, 0.05) is 31.3 Å². The summed E-state index contributed by atoms with van der Waals surface area (Å²) < 4.78 is 45.7. The van der Waals surface area contributed by atoms with Crippen LogP contribution in [0, 0.1) is 17.8 Å². The zero-order valence-corrected chi connectivity index (χ0v) is 28.8. The van der Waals surface area contributed by atoms with E-state index in [1.807, 2.05) is 36.4 Å². The number of benzene rings is 2. The molecule has 3 amide bonds. The summed E-state index contributed by atoms with van der Waals surface area (Å²) in [4.78, 5) is 55.0. The van der Waals surface area contributed by atoms with Gasteiger partial charge in [-0.05, 0) is 50.5 Å². The Morgan fingerprint density at radius 3 is 2.48 bits per heavy atom. The van der Waals surface area contributed by atoms with Crippen molar-refractivity contribution in [2.75, 3.05) is 6.54 Å². The van der Waals surface area contributed by atoms with Gasteiger partial charge in [0.25, 0.3) is 0 Å². The molecule has 5 rings (SSSR count). The predicted octanol–water partition coefficient (Wildman–Crippen LogP) is 6.07. The Kier molecular flexibility index (Phi) is 10.7. The summed E-state index contributed by atoms with van der Waals surface area (Å²) in [7, 11) is 0. The van der Waals surface area contributed by atoms with E-state index in [2.05, 4.69) is 17.2 Å². The number of carbonyl (C=O) groups is 4. The lowest BCUT2D eigenvalue weighted by atomic mass is 9.63. The number of allylic oxidation sites excluding steroid dienone is 4. The van der Waals surface area contributed by atoms with Gasteiger partial charge in [0.15, 0.2) is 0 Å². The van der Waals surface area contributed by atoms with Crippen LogP contribution < -0.4 is 10.6 Å². The van der Waals surface area contributed by atoms with Crippen LogP contribution in [0.5, 0.6) is 0 Å². The van der Waals surface area contributed by atoms with Gasteiger partial charge in [0.1, 0.15) is 11.6 Å². The van der Waals surface area contributed by atoms with E-state index >= 15 is 0 Å². The fourth-order valence-corrected chi connectivity index (χ4v) is 7.68. The first-order valence-electron chi connectivity index (χ1n) is 16.5. The molecular formula is C38H41ClF3N3O5. The number of ether oxygens (including phenoxy) is 1. The summed E-state index contributed by atoms with van der Waals surface area (Å²) >= 11 is 7.48. The average molecular weight is 712 g/mol. The number of amides is 3. The Balaban J connectivity index is 1.52. The minimum atomic E-state index is -4.58. The highest BCUT2D eigenvalue weighted by molar-refractivity contribution is 6.27. The van der Waals surface area contributed by atoms with Crippen molar-refractivity contribution in [3.8, 4) is 0 Å². The summed E-state index contributed by atoms with van der Waals surface area (Å²) in [6, 6.07) is 11.7. The third-order valence-electron chi connectivity index (χ3n) is 9.43. The number of nitrogens with zero attached hydrogens (tertiary/aromatic N) is 1. The zero-order chi connectivity index (χ0) is 36.4. The van der Waals surface area contributed by atoms with Gasteiger partial charge in [0.05, 0.1) is 28.3 Å². The number of β-lactam (4-membered cyclic amide) rings is 1. The molecule has 3 aliphatic rings. The standard InChI is InChI=1S/C38H41ClF3N3O5/c1-5-25-15-9-10-19-37(25,39)32-31(30-27(22-44-34(30)48)24-13-7-6-8-14-24)35(49)45(32)28(17-18-29(46)50-36(2,3)4)33(47)43-21-23-12-11-16-26(20-23)38(40,41)42/h5-16,19-20,25,27-28,30-32H,1,17-18,21-22H2,2-4H3,(H,43,47)(H,44,48)/t25?,27-,28+,30?,31+,32-,37?/m1/s1. The van der Waals surface area contributed by atoms with Crippen LogP contribution >= 0.6 is 11.6 Å². The molecule has 2 N–H and O–H groups in total. The summed E-state index contributed by atoms with van der Waals surface area (Å²) in [6.07, 6.45) is 3.73. The molecule has 266 valence electrons. The summed E-state index contributed by atoms with van der Waals surface area (Å²) in [5.74, 6) is -4.72. The maximum Gasteiger partial charge on any atom is 0.416 e. The lowest BCUT2D eigenvalue weighted by Gasteiger charge is -2.58. The fraction of sp³-hybridized carbons (Fsp3) is 0.421. The Bertz CT molecular complexity index is 1690. The number of hydrogen-bond acceptors (Lipinski definition) is 5. The van der Waals surface area contributed by atoms with E-state index in [4.69, 9.17) is 16.3 Å². The van der Waals surface area contributed by atoms with E-state index in [9.17, 15) is 32.3 Å². The first kappa shape index (κ1) is 36.9. The van der Waals surface area contributed by atoms with Gasteiger partial charge in [-0.15, -0.1) is 18.2 Å². The van der Waals surface area contributed by atoms with E-state index in [0.717, 1.165) is 17.7 Å². The summed E-state index contributed by atoms with van der Waals surface area (Å²) in [5, 5.41) is 5.59. The molecule has 2 fully saturated rings. The van der Waals surface area contributed by atoms with Crippen LogP contribution in [0.1, 0.15) is 56.2 Å². The quantitative estimate of drug-likeness (QED) is 0.127. The molecule has 1 aliphatic carbocycles. The maximum absolute atomic E-state index is 14.5. The smallest absolute Gasteiger partial charge is 0.416 e. The second-order valence-corrected chi connectivity index (χ2v) is 14.5. The third-order valence-corrected chi connectivity index (χ3v) is 10.0. The highest BCUT2D eigenvalue weighted by Crippen LogP contribution is 2.52. The lowest BCUT2D eigenvalue weighted by Crippen LogP contribution is -2.75. The van der Waals surface area contributed by atoms with Crippen molar-refractivity contribution in [2.24, 2.45) is 17.8 Å². The van der Waals surface area contributed by atoms with E-state index in [1.165, 1.54) is 17.0 Å². The molecule has 0 aromatic heterocycles. The third kappa shape index (κ3) is 7.67. The van der Waals surface area contributed by atoms with Crippen molar-refractivity contribution in [3.63, 3.8) is 0 Å². The molecule has 2 aromatic rings. The van der Waals surface area contributed by atoms with Crippen LogP contribution in [-0.4, -0.2) is 57.7 Å². The Labute approximate surface area is 294 Å². The topological polar surface area (TPSA) is 105 Å². The van der Waals surface area contributed by atoms with Crippen molar-refractivity contribution in [1.82, 2.24) is 15.5 Å². The Morgan fingerprint density at radius 2 is 1.82 bits per heavy atom. The maximum atomic E-state index is 14.5. The monoisotopic (exact) mass is 711 g/mol. The van der Waals surface area contributed by atoms with Crippen molar-refractivity contribution >= 4 is 35.3 Å². The molecule has 2 heterocycles. The van der Waals surface area contributed by atoms with Crippen molar-refractivity contribution in [2.45, 2.75) is 74.8 Å². The second kappa shape index (κ2) is 14.5. The Hall–Kier alpha value is -4.38. The highest BCUT2D eigenvalue weighted by atomic mass is 35.5. The first-order valence-corrected chi connectivity index (χ1v) is 16.9. The van der Waals surface area contributed by atoms with Crippen LogP contribution in [0.3, 0.4) is 0 Å². The molecule has 2 saturated heterocycles. The molecule has 7 atom stereocenters. The molecule has 3 unspecified atom stereocenters. The number of alkyl halides is 4. The number of carbonyl (C=O) groups excluding carboxylic acids is 4. The van der Waals surface area contributed by atoms with Crippen LogP contribution in [0.4, 0.5) is 13.2 Å². The van der Waals surface area contributed by atoms with Gasteiger partial charge in [-0.25, -0.2) is 0 Å². The summed E-state index contributed by atoms with van der Waals surface area (Å²) in [6.45, 7) is 9.10. The van der Waals surface area contributed by atoms with Crippen LogP contribution in [0.2, 0.25) is 0 Å². The molecule has 0 saturated carbocycles. The van der Waals surface area contributed by atoms with Crippen molar-refractivity contribution in [1.29, 1.82) is 0 Å². The number of hydrogen-bond donors (Lipinski definition) is 2. The van der Waals surface area contributed by atoms with E-state index in [1.54, 1.807) is 45.1 Å². The first-order chi connectivity index (χ1) is 23.5. The van der Waals surface area contributed by atoms with E-state index in [-0.39, 0.29) is 36.8 Å². The largest absolute Gasteiger partial charge is 0.460 e. The number of likely N-dealkylation sites (tertiary alicyclic amines) is 1. The second-order valence-electron chi connectivity index (χ2n) is 13.9. The molecule has 0 spiro atoms. The van der Waals surface area contributed by atoms with Gasteiger partial charge in [-0.2, -0.15) is 13.2 Å². The average Bonchev–Trinajstić information content (AvgIpc) is 3.43. The highest BCUT2D eigenvalue weighted by Gasteiger charge is 2.65. The van der Waals surface area contributed by atoms with Gasteiger partial charge in [0.2, 0.25) is 17.7 Å². The SMILES string of the molecule is C=CC1C=CC=CC1(Cl)[C@H]1[C@H](C2C(=O)NC[C@@H]2c2ccccc2)C(=O)N1[C@@H](CCC(=O)OC(C)(C)C)C(=O)NCc1cccc(C(F)(F)F)c1. The van der Waals surface area contributed by atoms with E-state index < -0.39 is 69.8 Å². The van der Waals surface area contributed by atoms with Crippen molar-refractivity contribution in [3.05, 3.63) is 108 Å². The molecule has 2 aliphatic heterocycles. The minimum absolute atomic E-state index is 0.164.